The molecule has 0 saturated heterocycles. The summed E-state index contributed by atoms with van der Waals surface area (Å²) in [6.07, 6.45) is 0. The van der Waals surface area contributed by atoms with Gasteiger partial charge in [-0.2, -0.15) is 5.10 Å². The number of carbonyl (C=O) groups is 1. The van der Waals surface area contributed by atoms with E-state index in [2.05, 4.69) is 10.4 Å². The van der Waals surface area contributed by atoms with Gasteiger partial charge in [-0.05, 0) is 24.6 Å². The van der Waals surface area contributed by atoms with Gasteiger partial charge in [0, 0.05) is 11.6 Å². The Labute approximate surface area is 157 Å². The molecule has 3 aromatic rings. The van der Waals surface area contributed by atoms with Crippen LogP contribution in [-0.4, -0.2) is 22.8 Å². The third-order valence-corrected chi connectivity index (χ3v) is 4.23. The van der Waals surface area contributed by atoms with Gasteiger partial charge in [0.25, 0.3) is 11.5 Å². The van der Waals surface area contributed by atoms with Crippen molar-refractivity contribution < 1.29 is 9.53 Å². The molecule has 6 nitrogen and oxygen atoms in total. The van der Waals surface area contributed by atoms with Gasteiger partial charge >= 0.3 is 0 Å². The molecule has 0 radical (unpaired) electrons. The first-order valence-electron chi connectivity index (χ1n) is 8.64. The number of nitrogens with zero attached hydrogens (tertiary/aromatic N) is 2. The monoisotopic (exact) mass is 363 g/mol. The molecule has 3 rings (SSSR count). The van der Waals surface area contributed by atoms with Gasteiger partial charge in [0.05, 0.1) is 19.7 Å². The molecular formula is C21H21N3O3. The maximum absolute atomic E-state index is 12.6. The first-order chi connectivity index (χ1) is 13.1. The molecule has 0 bridgehead atoms. The lowest BCUT2D eigenvalue weighted by atomic mass is 10.1. The summed E-state index contributed by atoms with van der Waals surface area (Å²) in [6, 6.07) is 19.5. The molecule has 0 aliphatic heterocycles. The minimum atomic E-state index is -0.352. The van der Waals surface area contributed by atoms with Gasteiger partial charge in [-0.3, -0.25) is 9.59 Å². The fraction of sp³-hybridized carbons (Fsp3) is 0.190. The summed E-state index contributed by atoms with van der Waals surface area (Å²) in [5.74, 6) is 0.350. The molecule has 2 aromatic carbocycles. The van der Waals surface area contributed by atoms with E-state index in [1.165, 1.54) is 16.8 Å². The van der Waals surface area contributed by atoms with Crippen molar-refractivity contribution in [2.75, 3.05) is 7.11 Å². The van der Waals surface area contributed by atoms with Crippen molar-refractivity contribution in [2.45, 2.75) is 19.5 Å². The molecule has 1 heterocycles. The van der Waals surface area contributed by atoms with Crippen LogP contribution in [0.2, 0.25) is 0 Å². The van der Waals surface area contributed by atoms with Crippen LogP contribution in [-0.2, 0) is 6.54 Å². The van der Waals surface area contributed by atoms with E-state index in [0.29, 0.717) is 12.3 Å². The van der Waals surface area contributed by atoms with Crippen molar-refractivity contribution in [1.82, 2.24) is 15.1 Å². The normalized spacial score (nSPS) is 11.6. The molecule has 0 aliphatic carbocycles. The number of amides is 1. The maximum atomic E-state index is 12.6. The molecule has 0 saturated carbocycles. The third-order valence-electron chi connectivity index (χ3n) is 4.23. The van der Waals surface area contributed by atoms with Crippen molar-refractivity contribution in [2.24, 2.45) is 0 Å². The molecule has 1 aromatic heterocycles. The van der Waals surface area contributed by atoms with Crippen LogP contribution in [0.4, 0.5) is 0 Å². The predicted molar refractivity (Wildman–Crippen MR) is 103 cm³/mol. The number of ether oxygens (including phenoxy) is 1. The second-order valence-electron chi connectivity index (χ2n) is 6.14. The minimum Gasteiger partial charge on any atom is -0.496 e. The first kappa shape index (κ1) is 18.4. The SMILES string of the molecule is COc1ccccc1[C@H](C)NC(=O)c1ccc(=O)n(Cc2ccccc2)n1. The number of nitrogens with one attached hydrogen (secondary N) is 1. The molecule has 1 atom stereocenters. The summed E-state index contributed by atoms with van der Waals surface area (Å²) >= 11 is 0. The van der Waals surface area contributed by atoms with Crippen LogP contribution in [0.1, 0.15) is 34.6 Å². The van der Waals surface area contributed by atoms with Crippen molar-refractivity contribution in [3.8, 4) is 5.75 Å². The highest BCUT2D eigenvalue weighted by Crippen LogP contribution is 2.24. The number of benzene rings is 2. The van der Waals surface area contributed by atoms with Crippen molar-refractivity contribution >= 4 is 5.91 Å². The minimum absolute atomic E-state index is 0.187. The molecule has 6 heteroatoms. The second kappa shape index (κ2) is 8.31. The number of hydrogen-bond acceptors (Lipinski definition) is 4. The van der Waals surface area contributed by atoms with Crippen LogP contribution >= 0.6 is 0 Å². The molecule has 0 fully saturated rings. The number of carbonyl (C=O) groups excluding carboxylic acids is 1. The smallest absolute Gasteiger partial charge is 0.272 e. The molecule has 27 heavy (non-hydrogen) atoms. The Balaban J connectivity index is 1.79. The third kappa shape index (κ3) is 4.41. The van der Waals surface area contributed by atoms with Gasteiger partial charge in [-0.15, -0.1) is 0 Å². The van der Waals surface area contributed by atoms with Gasteiger partial charge in [0.2, 0.25) is 0 Å². The zero-order valence-electron chi connectivity index (χ0n) is 15.3. The van der Waals surface area contributed by atoms with Gasteiger partial charge in [-0.1, -0.05) is 48.5 Å². The summed E-state index contributed by atoms with van der Waals surface area (Å²) in [7, 11) is 1.59. The van der Waals surface area contributed by atoms with E-state index in [9.17, 15) is 9.59 Å². The van der Waals surface area contributed by atoms with E-state index in [-0.39, 0.29) is 23.2 Å². The topological polar surface area (TPSA) is 73.2 Å². The van der Waals surface area contributed by atoms with E-state index in [1.54, 1.807) is 7.11 Å². The number of hydrogen-bond donors (Lipinski definition) is 1. The van der Waals surface area contributed by atoms with Gasteiger partial charge in [0.15, 0.2) is 0 Å². The Kier molecular flexibility index (Phi) is 5.66. The van der Waals surface area contributed by atoms with Crippen LogP contribution in [0.5, 0.6) is 5.75 Å². The lowest BCUT2D eigenvalue weighted by Gasteiger charge is -2.17. The molecule has 138 valence electrons. The Morgan fingerprint density at radius 2 is 1.78 bits per heavy atom. The molecule has 0 aliphatic rings. The highest BCUT2D eigenvalue weighted by atomic mass is 16.5. The highest BCUT2D eigenvalue weighted by molar-refractivity contribution is 5.92. The summed E-state index contributed by atoms with van der Waals surface area (Å²) in [5, 5.41) is 7.12. The van der Waals surface area contributed by atoms with E-state index in [4.69, 9.17) is 4.74 Å². The zero-order valence-corrected chi connectivity index (χ0v) is 15.3. The highest BCUT2D eigenvalue weighted by Gasteiger charge is 2.16. The molecule has 0 unspecified atom stereocenters. The number of para-hydroxylation sites is 1. The maximum Gasteiger partial charge on any atom is 0.272 e. The average molecular weight is 363 g/mol. The summed E-state index contributed by atoms with van der Waals surface area (Å²) in [6.45, 7) is 2.18. The van der Waals surface area contributed by atoms with Crippen LogP contribution in [0.15, 0.2) is 71.5 Å². The van der Waals surface area contributed by atoms with Crippen LogP contribution in [0, 0.1) is 0 Å². The van der Waals surface area contributed by atoms with Crippen LogP contribution in [0.25, 0.3) is 0 Å². The largest absolute Gasteiger partial charge is 0.496 e. The Morgan fingerprint density at radius 1 is 1.07 bits per heavy atom. The molecule has 1 N–H and O–H groups in total. The Morgan fingerprint density at radius 3 is 2.52 bits per heavy atom. The van der Waals surface area contributed by atoms with Crippen molar-refractivity contribution in [1.29, 1.82) is 0 Å². The fourth-order valence-electron chi connectivity index (χ4n) is 2.81. The lowest BCUT2D eigenvalue weighted by Crippen LogP contribution is -2.31. The van der Waals surface area contributed by atoms with E-state index < -0.39 is 0 Å². The standard InChI is InChI=1S/C21H21N3O3/c1-15(17-10-6-7-11-19(17)27-2)22-21(26)18-12-13-20(25)24(23-18)14-16-8-4-3-5-9-16/h3-13,15H,14H2,1-2H3,(H,22,26)/t15-/m0/s1. The van der Waals surface area contributed by atoms with Crippen molar-refractivity contribution in [3.05, 3.63) is 93.9 Å². The summed E-state index contributed by atoms with van der Waals surface area (Å²) in [4.78, 5) is 24.7. The first-order valence-corrected chi connectivity index (χ1v) is 8.64. The zero-order chi connectivity index (χ0) is 19.2. The van der Waals surface area contributed by atoms with Gasteiger partial charge in [0.1, 0.15) is 11.4 Å². The summed E-state index contributed by atoms with van der Waals surface area (Å²) < 4.78 is 6.63. The average Bonchev–Trinajstić information content (AvgIpc) is 2.70. The Hall–Kier alpha value is -3.41. The van der Waals surface area contributed by atoms with Crippen molar-refractivity contribution in [3.63, 3.8) is 0 Å². The number of rotatable bonds is 6. The second-order valence-corrected chi connectivity index (χ2v) is 6.14. The molecular weight excluding hydrogens is 342 g/mol. The van der Waals surface area contributed by atoms with E-state index in [0.717, 1.165) is 11.1 Å². The predicted octanol–water partition coefficient (Wildman–Crippen LogP) is 2.79. The molecule has 1 amide bonds. The van der Waals surface area contributed by atoms with Crippen LogP contribution < -0.4 is 15.6 Å². The summed E-state index contributed by atoms with van der Waals surface area (Å²) in [5.41, 5.74) is 1.73. The number of methoxy groups -OCH3 is 1. The molecule has 0 spiro atoms. The fourth-order valence-corrected chi connectivity index (χ4v) is 2.81. The lowest BCUT2D eigenvalue weighted by molar-refractivity contribution is 0.0932. The Bertz CT molecular complexity index is 983. The van der Waals surface area contributed by atoms with E-state index >= 15 is 0 Å². The van der Waals surface area contributed by atoms with Crippen LogP contribution in [0.3, 0.4) is 0 Å². The number of aromatic nitrogens is 2. The van der Waals surface area contributed by atoms with Gasteiger partial charge in [-0.25, -0.2) is 4.68 Å². The quantitative estimate of drug-likeness (QED) is 0.731. The van der Waals surface area contributed by atoms with Gasteiger partial charge < -0.3 is 10.1 Å². The van der Waals surface area contributed by atoms with E-state index in [1.807, 2.05) is 61.5 Å².